The molecule has 10 heavy (non-hydrogen) atoms. The average molecular weight is 145 g/mol. The van der Waals surface area contributed by atoms with Crippen molar-refractivity contribution < 1.29 is 9.28 Å². The van der Waals surface area contributed by atoms with Gasteiger partial charge in [0.2, 0.25) is 5.91 Å². The van der Waals surface area contributed by atoms with Crippen molar-refractivity contribution in [2.24, 2.45) is 16.3 Å². The molecule has 0 aliphatic carbocycles. The Morgan fingerprint density at radius 1 is 2.00 bits per heavy atom. The van der Waals surface area contributed by atoms with E-state index < -0.39 is 11.3 Å². The Morgan fingerprint density at radius 2 is 2.60 bits per heavy atom. The number of halogens is 1. The highest BCUT2D eigenvalue weighted by atomic mass is 19.2. The zero-order valence-corrected chi connectivity index (χ0v) is 5.54. The van der Waals surface area contributed by atoms with Gasteiger partial charge in [-0.2, -0.15) is 5.10 Å². The van der Waals surface area contributed by atoms with Crippen molar-refractivity contribution >= 4 is 12.1 Å². The molecule has 1 aliphatic rings. The van der Waals surface area contributed by atoms with Gasteiger partial charge in [-0.05, 0) is 6.92 Å². The number of carbonyl (C=O) groups is 1. The van der Waals surface area contributed by atoms with Crippen molar-refractivity contribution in [3.63, 3.8) is 0 Å². The fraction of sp³-hybridized carbons (Fsp3) is 0.600. The Bertz CT molecular complexity index is 193. The van der Waals surface area contributed by atoms with Crippen LogP contribution < -0.4 is 5.73 Å². The van der Waals surface area contributed by atoms with E-state index in [0.717, 1.165) is 0 Å². The summed E-state index contributed by atoms with van der Waals surface area (Å²) in [5.74, 6) is -0.559. The summed E-state index contributed by atoms with van der Waals surface area (Å²) in [5.41, 5.74) is 4.03. The monoisotopic (exact) mass is 145 g/mol. The van der Waals surface area contributed by atoms with Crippen LogP contribution in [-0.2, 0) is 4.79 Å². The molecule has 0 fully saturated rings. The van der Waals surface area contributed by atoms with Gasteiger partial charge in [-0.25, -0.2) is 0 Å². The highest BCUT2D eigenvalue weighted by Crippen LogP contribution is 2.20. The zero-order valence-electron chi connectivity index (χ0n) is 5.54. The van der Waals surface area contributed by atoms with Crippen LogP contribution in [0.5, 0.6) is 0 Å². The second kappa shape index (κ2) is 1.93. The van der Waals surface area contributed by atoms with E-state index in [1.165, 1.54) is 6.21 Å². The first kappa shape index (κ1) is 6.98. The minimum absolute atomic E-state index is 0.0810. The van der Waals surface area contributed by atoms with E-state index in [1.54, 1.807) is 6.92 Å². The van der Waals surface area contributed by atoms with E-state index in [2.05, 4.69) is 5.10 Å². The quantitative estimate of drug-likeness (QED) is 0.513. The Morgan fingerprint density at radius 3 is 2.80 bits per heavy atom. The molecule has 1 aliphatic heterocycles. The molecule has 1 atom stereocenters. The van der Waals surface area contributed by atoms with Gasteiger partial charge in [-0.1, -0.05) is 4.48 Å². The van der Waals surface area contributed by atoms with Gasteiger partial charge < -0.3 is 5.73 Å². The van der Waals surface area contributed by atoms with Crippen molar-refractivity contribution in [3.8, 4) is 0 Å². The standard InChI is InChI=1S/C5H8FN3O/c1-5(4(7)10)2-8-9(6)3-5/h2H,3H2,1H3,(H2,7,10). The third-order valence-electron chi connectivity index (χ3n) is 1.49. The molecule has 5 heteroatoms. The van der Waals surface area contributed by atoms with E-state index in [9.17, 15) is 9.28 Å². The largest absolute Gasteiger partial charge is 0.369 e. The summed E-state index contributed by atoms with van der Waals surface area (Å²) in [6, 6.07) is 0. The van der Waals surface area contributed by atoms with E-state index in [-0.39, 0.29) is 11.8 Å². The Labute approximate surface area is 57.4 Å². The molecule has 1 heterocycles. The molecular weight excluding hydrogens is 137 g/mol. The minimum atomic E-state index is -0.936. The number of primary amides is 1. The summed E-state index contributed by atoms with van der Waals surface area (Å²) in [5, 5.41) is 3.45. The van der Waals surface area contributed by atoms with Crippen LogP contribution in [-0.4, -0.2) is 23.9 Å². The van der Waals surface area contributed by atoms with E-state index in [0.29, 0.717) is 0 Å². The van der Waals surface area contributed by atoms with Crippen molar-refractivity contribution in [3.05, 3.63) is 0 Å². The Balaban J connectivity index is 2.75. The topological polar surface area (TPSA) is 58.7 Å². The molecule has 0 saturated heterocycles. The van der Waals surface area contributed by atoms with E-state index >= 15 is 0 Å². The van der Waals surface area contributed by atoms with Gasteiger partial charge >= 0.3 is 0 Å². The molecule has 56 valence electrons. The van der Waals surface area contributed by atoms with Gasteiger partial charge in [-0.3, -0.25) is 4.79 Å². The van der Waals surface area contributed by atoms with Crippen LogP contribution >= 0.6 is 0 Å². The molecular formula is C5H8FN3O. The molecule has 0 aromatic carbocycles. The number of carbonyl (C=O) groups excluding carboxylic acids is 1. The zero-order chi connectivity index (χ0) is 7.78. The number of hydrogen-bond donors (Lipinski definition) is 1. The van der Waals surface area contributed by atoms with Crippen LogP contribution in [0, 0.1) is 5.41 Å². The molecule has 1 rings (SSSR count). The molecule has 0 radical (unpaired) electrons. The molecule has 1 amide bonds. The van der Waals surface area contributed by atoms with Crippen molar-refractivity contribution in [2.45, 2.75) is 6.92 Å². The van der Waals surface area contributed by atoms with Crippen LogP contribution in [0.15, 0.2) is 5.10 Å². The van der Waals surface area contributed by atoms with Crippen LogP contribution in [0.1, 0.15) is 6.92 Å². The molecule has 2 N–H and O–H groups in total. The molecule has 0 aromatic heterocycles. The van der Waals surface area contributed by atoms with Crippen LogP contribution in [0.2, 0.25) is 0 Å². The van der Waals surface area contributed by atoms with Crippen LogP contribution in [0.4, 0.5) is 4.48 Å². The maximum atomic E-state index is 12.2. The molecule has 0 bridgehead atoms. The fourth-order valence-corrected chi connectivity index (χ4v) is 0.684. The lowest BCUT2D eigenvalue weighted by Crippen LogP contribution is -2.38. The SMILES string of the molecule is CC1(C(N)=O)C=NN(F)C1. The second-order valence-electron chi connectivity index (χ2n) is 2.52. The Kier molecular flexibility index (Phi) is 1.35. The summed E-state index contributed by atoms with van der Waals surface area (Å²) in [7, 11) is 0. The molecule has 0 aromatic rings. The summed E-state index contributed by atoms with van der Waals surface area (Å²) in [6.07, 6.45) is 1.22. The maximum Gasteiger partial charge on any atom is 0.230 e. The summed E-state index contributed by atoms with van der Waals surface area (Å²) >= 11 is 0. The molecule has 0 spiro atoms. The predicted octanol–water partition coefficient (Wildman–Crippen LogP) is -0.336. The first-order valence-corrected chi connectivity index (χ1v) is 2.83. The van der Waals surface area contributed by atoms with Gasteiger partial charge in [0.05, 0.1) is 6.54 Å². The molecule has 1 unspecified atom stereocenters. The number of hydrogen-bond acceptors (Lipinski definition) is 3. The first-order chi connectivity index (χ1) is 4.54. The van der Waals surface area contributed by atoms with Gasteiger partial charge in [0.25, 0.3) is 0 Å². The predicted molar refractivity (Wildman–Crippen MR) is 33.6 cm³/mol. The average Bonchev–Trinajstić information content (AvgIpc) is 2.13. The lowest BCUT2D eigenvalue weighted by Gasteiger charge is -2.13. The molecule has 4 nitrogen and oxygen atoms in total. The summed E-state index contributed by atoms with van der Waals surface area (Å²) in [6.45, 7) is 1.46. The van der Waals surface area contributed by atoms with Crippen LogP contribution in [0.3, 0.4) is 0 Å². The lowest BCUT2D eigenvalue weighted by molar-refractivity contribution is -0.125. The van der Waals surface area contributed by atoms with Gasteiger partial charge in [-0.15, -0.1) is 5.23 Å². The van der Waals surface area contributed by atoms with Gasteiger partial charge in [0.15, 0.2) is 0 Å². The normalized spacial score (nSPS) is 31.2. The van der Waals surface area contributed by atoms with Crippen molar-refractivity contribution in [1.29, 1.82) is 0 Å². The van der Waals surface area contributed by atoms with E-state index in [4.69, 9.17) is 5.73 Å². The highest BCUT2D eigenvalue weighted by molar-refractivity contribution is 5.98. The third kappa shape index (κ3) is 0.940. The maximum absolute atomic E-state index is 12.2. The minimum Gasteiger partial charge on any atom is -0.369 e. The number of nitrogens with two attached hydrogens (primary N) is 1. The Hall–Kier alpha value is -1.13. The number of nitrogens with zero attached hydrogens (tertiary/aromatic N) is 2. The van der Waals surface area contributed by atoms with Crippen LogP contribution in [0.25, 0.3) is 0 Å². The number of rotatable bonds is 1. The number of amides is 1. The third-order valence-corrected chi connectivity index (χ3v) is 1.49. The summed E-state index contributed by atoms with van der Waals surface area (Å²) in [4.78, 5) is 10.6. The molecule has 0 saturated carbocycles. The lowest BCUT2D eigenvalue weighted by atomic mass is 9.93. The van der Waals surface area contributed by atoms with E-state index in [1.807, 2.05) is 0 Å². The highest BCUT2D eigenvalue weighted by Gasteiger charge is 2.36. The van der Waals surface area contributed by atoms with Crippen molar-refractivity contribution in [1.82, 2.24) is 5.23 Å². The number of hydrazone groups is 1. The smallest absolute Gasteiger partial charge is 0.230 e. The van der Waals surface area contributed by atoms with Gasteiger partial charge in [0, 0.05) is 6.21 Å². The second-order valence-corrected chi connectivity index (χ2v) is 2.52. The van der Waals surface area contributed by atoms with Gasteiger partial charge in [0.1, 0.15) is 5.41 Å². The van der Waals surface area contributed by atoms with Crippen molar-refractivity contribution in [2.75, 3.05) is 6.54 Å². The summed E-state index contributed by atoms with van der Waals surface area (Å²) < 4.78 is 12.2. The fourth-order valence-electron chi connectivity index (χ4n) is 0.684. The first-order valence-electron chi connectivity index (χ1n) is 2.83.